The second kappa shape index (κ2) is 8.24. The monoisotopic (exact) mass is 401 g/mol. The zero-order valence-electron chi connectivity index (χ0n) is 18.1. The molecule has 0 fully saturated rings. The van der Waals surface area contributed by atoms with Gasteiger partial charge in [0.05, 0.1) is 17.4 Å². The molecule has 0 aliphatic heterocycles. The average Bonchev–Trinajstić information content (AvgIpc) is 3.35. The summed E-state index contributed by atoms with van der Waals surface area (Å²) in [7, 11) is 2.07. The predicted octanol–water partition coefficient (Wildman–Crippen LogP) is 5.04. The molecule has 4 aromatic rings. The zero-order chi connectivity index (χ0) is 21.3. The molecule has 0 N–H and O–H groups in total. The Bertz CT molecular complexity index is 1130. The van der Waals surface area contributed by atoms with Gasteiger partial charge >= 0.3 is 0 Å². The Hall–Kier alpha value is -3.25. The van der Waals surface area contributed by atoms with E-state index in [-0.39, 0.29) is 6.04 Å². The summed E-state index contributed by atoms with van der Waals surface area (Å²) in [5.74, 6) is 1.16. The third kappa shape index (κ3) is 3.91. The smallest absolute Gasteiger partial charge is 0.247 e. The molecule has 154 valence electrons. The summed E-state index contributed by atoms with van der Waals surface area (Å²) < 4.78 is 7.99. The summed E-state index contributed by atoms with van der Waals surface area (Å²) >= 11 is 0. The third-order valence-corrected chi connectivity index (χ3v) is 5.61. The first kappa shape index (κ1) is 20.0. The van der Waals surface area contributed by atoms with Gasteiger partial charge in [-0.1, -0.05) is 35.9 Å². The van der Waals surface area contributed by atoms with E-state index in [1.54, 1.807) is 0 Å². The number of aromatic nitrogens is 4. The van der Waals surface area contributed by atoms with Crippen molar-refractivity contribution in [3.05, 3.63) is 83.0 Å². The van der Waals surface area contributed by atoms with E-state index in [9.17, 15) is 0 Å². The van der Waals surface area contributed by atoms with Crippen molar-refractivity contribution in [3.8, 4) is 17.1 Å². The highest BCUT2D eigenvalue weighted by atomic mass is 16.4. The fourth-order valence-electron chi connectivity index (χ4n) is 3.52. The van der Waals surface area contributed by atoms with Crippen molar-refractivity contribution in [1.29, 1.82) is 0 Å². The molecule has 0 spiro atoms. The Kier molecular flexibility index (Phi) is 5.50. The standard InChI is InChI=1S/C24H27N5O/c1-16-11-13-20(14-12-16)24-26-25-23(30-24)19(4)28(5)15-22-17(2)27-29(18(22)3)21-9-7-6-8-10-21/h6-14,19H,15H2,1-5H3. The molecule has 0 aliphatic carbocycles. The topological polar surface area (TPSA) is 60.0 Å². The molecule has 1 atom stereocenters. The van der Waals surface area contributed by atoms with Gasteiger partial charge in [0.25, 0.3) is 0 Å². The molecule has 0 saturated carbocycles. The first-order valence-electron chi connectivity index (χ1n) is 10.1. The normalized spacial score (nSPS) is 12.5. The quantitative estimate of drug-likeness (QED) is 0.453. The second-order valence-corrected chi connectivity index (χ2v) is 7.80. The van der Waals surface area contributed by atoms with E-state index in [0.717, 1.165) is 29.2 Å². The number of para-hydroxylation sites is 1. The van der Waals surface area contributed by atoms with E-state index in [0.29, 0.717) is 11.8 Å². The SMILES string of the molecule is Cc1ccc(-c2nnc(C(C)N(C)Cc3c(C)nn(-c4ccccc4)c3C)o2)cc1. The van der Waals surface area contributed by atoms with Gasteiger partial charge in [0.1, 0.15) is 0 Å². The van der Waals surface area contributed by atoms with E-state index in [4.69, 9.17) is 9.52 Å². The first-order valence-corrected chi connectivity index (χ1v) is 10.1. The summed E-state index contributed by atoms with van der Waals surface area (Å²) in [5.41, 5.74) is 6.59. The van der Waals surface area contributed by atoms with Crippen LogP contribution in [-0.2, 0) is 6.54 Å². The number of aryl methyl sites for hydroxylation is 2. The van der Waals surface area contributed by atoms with Crippen molar-refractivity contribution in [2.75, 3.05) is 7.05 Å². The second-order valence-electron chi connectivity index (χ2n) is 7.80. The molecule has 4 rings (SSSR count). The molecule has 1 unspecified atom stereocenters. The molecule has 0 saturated heterocycles. The maximum Gasteiger partial charge on any atom is 0.247 e. The van der Waals surface area contributed by atoms with E-state index in [1.165, 1.54) is 11.1 Å². The lowest BCUT2D eigenvalue weighted by atomic mass is 10.1. The molecule has 2 aromatic heterocycles. The average molecular weight is 402 g/mol. The van der Waals surface area contributed by atoms with Crippen LogP contribution in [0.5, 0.6) is 0 Å². The lowest BCUT2D eigenvalue weighted by Gasteiger charge is -2.22. The van der Waals surface area contributed by atoms with Crippen LogP contribution >= 0.6 is 0 Å². The molecule has 0 amide bonds. The minimum Gasteiger partial charge on any atom is -0.419 e. The van der Waals surface area contributed by atoms with Gasteiger partial charge in [-0.2, -0.15) is 5.10 Å². The Morgan fingerprint density at radius 2 is 1.67 bits per heavy atom. The van der Waals surface area contributed by atoms with Gasteiger partial charge in [-0.05, 0) is 59.0 Å². The van der Waals surface area contributed by atoms with Gasteiger partial charge < -0.3 is 4.42 Å². The number of rotatable bonds is 6. The van der Waals surface area contributed by atoms with Crippen molar-refractivity contribution in [2.45, 2.75) is 40.3 Å². The van der Waals surface area contributed by atoms with Crippen molar-refractivity contribution < 1.29 is 4.42 Å². The summed E-state index contributed by atoms with van der Waals surface area (Å²) in [5, 5.41) is 13.3. The summed E-state index contributed by atoms with van der Waals surface area (Å²) in [6, 6.07) is 18.3. The fourth-order valence-corrected chi connectivity index (χ4v) is 3.52. The van der Waals surface area contributed by atoms with Crippen LogP contribution in [0, 0.1) is 20.8 Å². The molecule has 0 aliphatic rings. The molecule has 2 heterocycles. The van der Waals surface area contributed by atoms with Gasteiger partial charge in [0, 0.05) is 23.4 Å². The number of hydrogen-bond donors (Lipinski definition) is 0. The number of nitrogens with zero attached hydrogens (tertiary/aromatic N) is 5. The third-order valence-electron chi connectivity index (χ3n) is 5.61. The van der Waals surface area contributed by atoms with E-state index >= 15 is 0 Å². The lowest BCUT2D eigenvalue weighted by Crippen LogP contribution is -2.23. The summed E-state index contributed by atoms with van der Waals surface area (Å²) in [6.07, 6.45) is 0. The van der Waals surface area contributed by atoms with E-state index < -0.39 is 0 Å². The maximum absolute atomic E-state index is 5.98. The lowest BCUT2D eigenvalue weighted by molar-refractivity contribution is 0.217. The van der Waals surface area contributed by atoms with Crippen molar-refractivity contribution >= 4 is 0 Å². The molecule has 0 radical (unpaired) electrons. The Balaban J connectivity index is 1.52. The fraction of sp³-hybridized carbons (Fsp3) is 0.292. The van der Waals surface area contributed by atoms with Crippen LogP contribution in [0.25, 0.3) is 17.1 Å². The molecular weight excluding hydrogens is 374 g/mol. The van der Waals surface area contributed by atoms with Crippen LogP contribution in [0.1, 0.15) is 41.4 Å². The first-order chi connectivity index (χ1) is 14.4. The van der Waals surface area contributed by atoms with Gasteiger partial charge in [-0.15, -0.1) is 10.2 Å². The van der Waals surface area contributed by atoms with Crippen LogP contribution in [0.15, 0.2) is 59.0 Å². The predicted molar refractivity (Wildman–Crippen MR) is 117 cm³/mol. The van der Waals surface area contributed by atoms with Crippen LogP contribution in [0.3, 0.4) is 0 Å². The number of benzene rings is 2. The largest absolute Gasteiger partial charge is 0.419 e. The van der Waals surface area contributed by atoms with Gasteiger partial charge in [0.15, 0.2) is 0 Å². The zero-order valence-corrected chi connectivity index (χ0v) is 18.1. The highest BCUT2D eigenvalue weighted by Crippen LogP contribution is 2.26. The summed E-state index contributed by atoms with van der Waals surface area (Å²) in [6.45, 7) is 9.06. The van der Waals surface area contributed by atoms with Crippen LogP contribution in [0.4, 0.5) is 0 Å². The van der Waals surface area contributed by atoms with Gasteiger partial charge in [0.2, 0.25) is 11.8 Å². The number of hydrogen-bond acceptors (Lipinski definition) is 5. The van der Waals surface area contributed by atoms with Crippen LogP contribution < -0.4 is 0 Å². The highest BCUT2D eigenvalue weighted by molar-refractivity contribution is 5.52. The minimum absolute atomic E-state index is 0.0180. The minimum atomic E-state index is -0.0180. The molecular formula is C24H27N5O. The van der Waals surface area contributed by atoms with Crippen molar-refractivity contribution in [3.63, 3.8) is 0 Å². The molecule has 6 heteroatoms. The molecule has 2 aromatic carbocycles. The van der Waals surface area contributed by atoms with Crippen LogP contribution in [0.2, 0.25) is 0 Å². The molecule has 0 bridgehead atoms. The van der Waals surface area contributed by atoms with Gasteiger partial charge in [-0.3, -0.25) is 4.90 Å². The molecule has 30 heavy (non-hydrogen) atoms. The van der Waals surface area contributed by atoms with Gasteiger partial charge in [-0.25, -0.2) is 4.68 Å². The molecule has 6 nitrogen and oxygen atoms in total. The van der Waals surface area contributed by atoms with E-state index in [1.807, 2.05) is 47.1 Å². The van der Waals surface area contributed by atoms with Crippen molar-refractivity contribution in [1.82, 2.24) is 24.9 Å². The summed E-state index contributed by atoms with van der Waals surface area (Å²) in [4.78, 5) is 2.21. The maximum atomic E-state index is 5.98. The Morgan fingerprint density at radius 1 is 0.967 bits per heavy atom. The van der Waals surface area contributed by atoms with E-state index in [2.05, 4.69) is 62.0 Å². The Morgan fingerprint density at radius 3 is 2.37 bits per heavy atom. The van der Waals surface area contributed by atoms with Crippen molar-refractivity contribution in [2.24, 2.45) is 0 Å². The Labute approximate surface area is 177 Å². The van der Waals surface area contributed by atoms with Crippen LogP contribution in [-0.4, -0.2) is 31.9 Å². The highest BCUT2D eigenvalue weighted by Gasteiger charge is 2.22.